The molecule has 0 aliphatic carbocycles. The molecule has 0 fully saturated rings. The van der Waals surface area contributed by atoms with Crippen LogP contribution in [0.1, 0.15) is 30.8 Å². The summed E-state index contributed by atoms with van der Waals surface area (Å²) in [5.41, 5.74) is 1.23. The summed E-state index contributed by atoms with van der Waals surface area (Å²) in [6.07, 6.45) is 1.04. The van der Waals surface area contributed by atoms with Crippen molar-refractivity contribution >= 4 is 5.91 Å². The van der Waals surface area contributed by atoms with Crippen LogP contribution in [0.5, 0.6) is 0 Å². The Balaban J connectivity index is 2.03. The van der Waals surface area contributed by atoms with E-state index in [9.17, 15) is 4.79 Å². The number of amides is 1. The third kappa shape index (κ3) is 3.44. The number of aromatic nitrogens is 1. The number of hydrogen-bond donors (Lipinski definition) is 1. The first kappa shape index (κ1) is 13.3. The molecule has 0 spiro atoms. The third-order valence-corrected chi connectivity index (χ3v) is 3.11. The lowest BCUT2D eigenvalue weighted by Gasteiger charge is -2.08. The number of nitrogens with zero attached hydrogens (tertiary/aromatic N) is 1. The molecule has 4 heteroatoms. The van der Waals surface area contributed by atoms with E-state index in [0.717, 1.165) is 12.0 Å². The predicted octanol–water partition coefficient (Wildman–Crippen LogP) is 3.12. The van der Waals surface area contributed by atoms with Crippen LogP contribution < -0.4 is 5.32 Å². The Morgan fingerprint density at radius 1 is 1.37 bits per heavy atom. The largest absolute Gasteiger partial charge is 0.355 e. The van der Waals surface area contributed by atoms with Gasteiger partial charge in [-0.25, -0.2) is 0 Å². The van der Waals surface area contributed by atoms with E-state index in [1.165, 1.54) is 0 Å². The minimum Gasteiger partial charge on any atom is -0.355 e. The highest BCUT2D eigenvalue weighted by atomic mass is 16.5. The maximum Gasteiger partial charge on any atom is 0.273 e. The van der Waals surface area contributed by atoms with Crippen molar-refractivity contribution in [2.45, 2.75) is 20.3 Å². The molecule has 0 aliphatic heterocycles. The Labute approximate surface area is 112 Å². The van der Waals surface area contributed by atoms with Gasteiger partial charge in [0.2, 0.25) is 0 Å². The first-order valence-corrected chi connectivity index (χ1v) is 6.51. The SMILES string of the molecule is CCC(C)CNC(=O)c1cc(-c2ccccc2)on1. The van der Waals surface area contributed by atoms with Crippen LogP contribution in [-0.2, 0) is 0 Å². The van der Waals surface area contributed by atoms with Crippen LogP contribution in [0.15, 0.2) is 40.9 Å². The van der Waals surface area contributed by atoms with Crippen molar-refractivity contribution in [3.63, 3.8) is 0 Å². The van der Waals surface area contributed by atoms with Crippen LogP contribution in [0.4, 0.5) is 0 Å². The van der Waals surface area contributed by atoms with Crippen molar-refractivity contribution in [1.29, 1.82) is 0 Å². The molecule has 4 nitrogen and oxygen atoms in total. The average Bonchev–Trinajstić information content (AvgIpc) is 2.95. The lowest BCUT2D eigenvalue weighted by atomic mass is 10.1. The van der Waals surface area contributed by atoms with E-state index >= 15 is 0 Å². The number of rotatable bonds is 5. The van der Waals surface area contributed by atoms with Gasteiger partial charge in [-0.05, 0) is 5.92 Å². The lowest BCUT2D eigenvalue weighted by Crippen LogP contribution is -2.28. The summed E-state index contributed by atoms with van der Waals surface area (Å²) >= 11 is 0. The van der Waals surface area contributed by atoms with E-state index in [4.69, 9.17) is 4.52 Å². The Morgan fingerprint density at radius 3 is 2.79 bits per heavy atom. The van der Waals surface area contributed by atoms with E-state index in [-0.39, 0.29) is 5.91 Å². The molecule has 1 aromatic carbocycles. The minimum atomic E-state index is -0.189. The van der Waals surface area contributed by atoms with Gasteiger partial charge < -0.3 is 9.84 Å². The van der Waals surface area contributed by atoms with E-state index in [1.54, 1.807) is 6.07 Å². The van der Waals surface area contributed by atoms with Gasteiger partial charge in [0.1, 0.15) is 0 Å². The minimum absolute atomic E-state index is 0.189. The van der Waals surface area contributed by atoms with Gasteiger partial charge in [0.25, 0.3) is 5.91 Å². The highest BCUT2D eigenvalue weighted by Gasteiger charge is 2.13. The number of carbonyl (C=O) groups is 1. The highest BCUT2D eigenvalue weighted by molar-refractivity contribution is 5.93. The zero-order valence-electron chi connectivity index (χ0n) is 11.2. The van der Waals surface area contributed by atoms with Gasteiger partial charge in [0.05, 0.1) is 0 Å². The summed E-state index contributed by atoms with van der Waals surface area (Å²) in [5, 5.41) is 6.66. The maximum absolute atomic E-state index is 11.9. The number of nitrogens with one attached hydrogen (secondary N) is 1. The second-order valence-electron chi connectivity index (χ2n) is 4.67. The molecule has 0 bridgehead atoms. The van der Waals surface area contributed by atoms with Crippen molar-refractivity contribution < 1.29 is 9.32 Å². The van der Waals surface area contributed by atoms with Crippen LogP contribution in [-0.4, -0.2) is 17.6 Å². The average molecular weight is 258 g/mol. The first-order valence-electron chi connectivity index (χ1n) is 6.51. The Kier molecular flexibility index (Phi) is 4.34. The first-order chi connectivity index (χ1) is 9.20. The third-order valence-electron chi connectivity index (χ3n) is 3.11. The second-order valence-corrected chi connectivity index (χ2v) is 4.67. The summed E-state index contributed by atoms with van der Waals surface area (Å²) in [5.74, 6) is 0.880. The summed E-state index contributed by atoms with van der Waals surface area (Å²) in [7, 11) is 0. The van der Waals surface area contributed by atoms with Crippen LogP contribution in [0.2, 0.25) is 0 Å². The summed E-state index contributed by atoms with van der Waals surface area (Å²) in [6, 6.07) is 11.3. The van der Waals surface area contributed by atoms with Gasteiger partial charge in [0, 0.05) is 18.2 Å². The number of carbonyl (C=O) groups excluding carboxylic acids is 1. The topological polar surface area (TPSA) is 55.1 Å². The lowest BCUT2D eigenvalue weighted by molar-refractivity contribution is 0.0939. The molecular weight excluding hydrogens is 240 g/mol. The van der Waals surface area contributed by atoms with E-state index in [2.05, 4.69) is 24.3 Å². The molecule has 100 valence electrons. The molecule has 0 aliphatic rings. The van der Waals surface area contributed by atoms with Crippen molar-refractivity contribution in [2.75, 3.05) is 6.54 Å². The van der Waals surface area contributed by atoms with Crippen molar-refractivity contribution in [1.82, 2.24) is 10.5 Å². The molecule has 2 rings (SSSR count). The monoisotopic (exact) mass is 258 g/mol. The normalized spacial score (nSPS) is 12.1. The highest BCUT2D eigenvalue weighted by Crippen LogP contribution is 2.19. The van der Waals surface area contributed by atoms with Gasteiger partial charge in [-0.15, -0.1) is 0 Å². The molecule has 1 N–H and O–H groups in total. The Hall–Kier alpha value is -2.10. The van der Waals surface area contributed by atoms with Gasteiger partial charge in [-0.2, -0.15) is 0 Å². The molecular formula is C15H18N2O2. The molecule has 0 saturated carbocycles. The molecule has 2 aromatic rings. The van der Waals surface area contributed by atoms with Crippen LogP contribution in [0.25, 0.3) is 11.3 Å². The molecule has 0 saturated heterocycles. The fourth-order valence-electron chi connectivity index (χ4n) is 1.62. The van der Waals surface area contributed by atoms with Gasteiger partial charge in [-0.3, -0.25) is 4.79 Å². The van der Waals surface area contributed by atoms with Gasteiger partial charge >= 0.3 is 0 Å². The second kappa shape index (κ2) is 6.18. The van der Waals surface area contributed by atoms with Gasteiger partial charge in [0.15, 0.2) is 11.5 Å². The van der Waals surface area contributed by atoms with Crippen molar-refractivity contribution in [3.8, 4) is 11.3 Å². The molecule has 1 unspecified atom stereocenters. The Morgan fingerprint density at radius 2 is 2.11 bits per heavy atom. The fourth-order valence-corrected chi connectivity index (χ4v) is 1.62. The maximum atomic E-state index is 11.9. The molecule has 0 radical (unpaired) electrons. The van der Waals surface area contributed by atoms with Crippen LogP contribution in [0, 0.1) is 5.92 Å². The van der Waals surface area contributed by atoms with E-state index in [0.29, 0.717) is 23.9 Å². The quantitative estimate of drug-likeness (QED) is 0.896. The van der Waals surface area contributed by atoms with Gasteiger partial charge in [-0.1, -0.05) is 55.8 Å². The number of benzene rings is 1. The standard InChI is InChI=1S/C15H18N2O2/c1-3-11(2)10-16-15(18)13-9-14(19-17-13)12-7-5-4-6-8-12/h4-9,11H,3,10H2,1-2H3,(H,16,18). The molecule has 1 amide bonds. The molecule has 19 heavy (non-hydrogen) atoms. The zero-order valence-corrected chi connectivity index (χ0v) is 11.2. The van der Waals surface area contributed by atoms with Crippen LogP contribution >= 0.6 is 0 Å². The van der Waals surface area contributed by atoms with Crippen LogP contribution in [0.3, 0.4) is 0 Å². The predicted molar refractivity (Wildman–Crippen MR) is 73.7 cm³/mol. The zero-order chi connectivity index (χ0) is 13.7. The Bertz CT molecular complexity index is 534. The van der Waals surface area contributed by atoms with Crippen molar-refractivity contribution in [2.24, 2.45) is 5.92 Å². The van der Waals surface area contributed by atoms with E-state index in [1.807, 2.05) is 30.3 Å². The fraction of sp³-hybridized carbons (Fsp3) is 0.333. The smallest absolute Gasteiger partial charge is 0.273 e. The molecule has 1 aromatic heterocycles. The van der Waals surface area contributed by atoms with Crippen molar-refractivity contribution in [3.05, 3.63) is 42.1 Å². The number of hydrogen-bond acceptors (Lipinski definition) is 3. The van der Waals surface area contributed by atoms with E-state index < -0.39 is 0 Å². The molecule has 1 heterocycles. The summed E-state index contributed by atoms with van der Waals surface area (Å²) < 4.78 is 5.19. The summed E-state index contributed by atoms with van der Waals surface area (Å²) in [6.45, 7) is 4.85. The molecule has 1 atom stereocenters. The summed E-state index contributed by atoms with van der Waals surface area (Å²) in [4.78, 5) is 11.9.